The van der Waals surface area contributed by atoms with E-state index in [1.165, 1.54) is 0 Å². The second-order valence-electron chi connectivity index (χ2n) is 12.2. The summed E-state index contributed by atoms with van der Waals surface area (Å²) in [6, 6.07) is 7.71. The highest BCUT2D eigenvalue weighted by Crippen LogP contribution is 2.42. The second-order valence-corrected chi connectivity index (χ2v) is 12.2. The van der Waals surface area contributed by atoms with Crippen molar-refractivity contribution >= 4 is 23.5 Å². The van der Waals surface area contributed by atoms with Crippen molar-refractivity contribution in [1.29, 1.82) is 0 Å². The monoisotopic (exact) mass is 601 g/mol. The van der Waals surface area contributed by atoms with Crippen molar-refractivity contribution in [2.45, 2.75) is 70.7 Å². The van der Waals surface area contributed by atoms with Gasteiger partial charge in [-0.1, -0.05) is 37.6 Å². The smallest absolute Gasteiger partial charge is 0.358 e. The molecule has 0 radical (unpaired) electrons. The van der Waals surface area contributed by atoms with Crippen LogP contribution >= 0.6 is 0 Å². The molecule has 1 aromatic heterocycles. The highest BCUT2D eigenvalue weighted by molar-refractivity contribution is 6.01. The number of hydrogen-bond donors (Lipinski definition) is 2. The summed E-state index contributed by atoms with van der Waals surface area (Å²) < 4.78 is 8.19. The third-order valence-corrected chi connectivity index (χ3v) is 8.27. The fourth-order valence-corrected chi connectivity index (χ4v) is 5.55. The van der Waals surface area contributed by atoms with E-state index in [4.69, 9.17) is 9.57 Å². The predicted octanol–water partition coefficient (Wildman–Crippen LogP) is 1.24. The maximum Gasteiger partial charge on any atom is 0.358 e. The van der Waals surface area contributed by atoms with Gasteiger partial charge >= 0.3 is 5.97 Å². The Morgan fingerprint density at radius 3 is 2.42 bits per heavy atom. The Morgan fingerprint density at radius 2 is 1.77 bits per heavy atom. The van der Waals surface area contributed by atoms with Crippen molar-refractivity contribution in [2.75, 3.05) is 51.8 Å². The molecular weight excluding hydrogens is 556 g/mol. The number of aliphatic hydroxyl groups excluding tert-OH is 2. The quantitative estimate of drug-likeness (QED) is 0.164. The van der Waals surface area contributed by atoms with E-state index < -0.39 is 36.6 Å². The van der Waals surface area contributed by atoms with Crippen LogP contribution in [0, 0.1) is 5.92 Å². The van der Waals surface area contributed by atoms with Crippen LogP contribution in [0.25, 0.3) is 0 Å². The first-order valence-corrected chi connectivity index (χ1v) is 15.1. The molecule has 1 aromatic carbocycles. The summed E-state index contributed by atoms with van der Waals surface area (Å²) in [5.41, 5.74) is 2.70. The molecule has 1 aliphatic heterocycles. The van der Waals surface area contributed by atoms with Crippen LogP contribution in [0.5, 0.6) is 0 Å². The third kappa shape index (κ3) is 8.37. The number of hydrogen-bond acceptors (Lipinski definition) is 10. The lowest BCUT2D eigenvalue weighted by Gasteiger charge is -2.45. The number of carbonyl (C=O) groups excluding carboxylic acids is 3. The van der Waals surface area contributed by atoms with Crippen LogP contribution in [0.3, 0.4) is 0 Å². The van der Waals surface area contributed by atoms with Gasteiger partial charge in [0.2, 0.25) is 0 Å². The van der Waals surface area contributed by atoms with E-state index in [9.17, 15) is 24.6 Å². The van der Waals surface area contributed by atoms with E-state index in [0.29, 0.717) is 24.7 Å². The molecule has 4 rings (SSSR count). The second kappa shape index (κ2) is 14.4. The van der Waals surface area contributed by atoms with Crippen LogP contribution < -0.4 is 4.90 Å². The van der Waals surface area contributed by atoms with Gasteiger partial charge in [-0.3, -0.25) is 14.3 Å². The van der Waals surface area contributed by atoms with Gasteiger partial charge in [0.1, 0.15) is 18.8 Å². The standard InChI is InChI=1S/C30H45N6O7/c1-5-6-16-36(3,4)19-23-18-34(32-31-23)14-13-33(15-17-42-20-27(39)43-35-25(37)11-12-26(35)38)24-9-7-22(8-10-24)28-29(40)21(2)30(28)41/h7-10,18,21,28-30,40-41H,5-6,11-17,19-20H2,1-4H3/q+1. The molecule has 2 atom stereocenters. The molecule has 2 aliphatic rings. The average Bonchev–Trinajstić information content (AvgIpc) is 3.56. The Kier molecular flexibility index (Phi) is 10.9. The van der Waals surface area contributed by atoms with Gasteiger partial charge < -0.3 is 29.2 Å². The van der Waals surface area contributed by atoms with Gasteiger partial charge in [-0.15, -0.1) is 10.2 Å². The molecule has 13 heteroatoms. The zero-order valence-corrected chi connectivity index (χ0v) is 25.6. The SMILES string of the molecule is CCCC[N+](C)(C)Cc1cn(CCN(CCOCC(=O)ON2C(=O)CCC2=O)c2ccc(C3C(O)C(C)C3O)cc2)nn1. The minimum absolute atomic E-state index is 0.0292. The first-order valence-electron chi connectivity index (χ1n) is 15.1. The summed E-state index contributed by atoms with van der Waals surface area (Å²) >= 11 is 0. The zero-order chi connectivity index (χ0) is 31.1. The normalized spacial score (nSPS) is 22.1. The molecule has 0 spiro atoms. The van der Waals surface area contributed by atoms with Crippen LogP contribution in [0.15, 0.2) is 30.5 Å². The number of aliphatic hydroxyl groups is 2. The van der Waals surface area contributed by atoms with Gasteiger partial charge in [0.15, 0.2) is 0 Å². The van der Waals surface area contributed by atoms with Gasteiger partial charge in [0.05, 0.1) is 52.2 Å². The molecule has 2 fully saturated rings. The summed E-state index contributed by atoms with van der Waals surface area (Å²) in [7, 11) is 4.39. The van der Waals surface area contributed by atoms with Gasteiger partial charge in [-0.2, -0.15) is 0 Å². The number of imide groups is 1. The van der Waals surface area contributed by atoms with Crippen LogP contribution in [-0.2, 0) is 37.0 Å². The van der Waals surface area contributed by atoms with Gasteiger partial charge in [-0.25, -0.2) is 4.79 Å². The van der Waals surface area contributed by atoms with Crippen LogP contribution in [0.2, 0.25) is 0 Å². The summed E-state index contributed by atoms with van der Waals surface area (Å²) in [6.07, 6.45) is 3.17. The summed E-state index contributed by atoms with van der Waals surface area (Å²) in [5.74, 6) is -2.36. The molecule has 2 heterocycles. The van der Waals surface area contributed by atoms with E-state index in [-0.39, 0.29) is 31.3 Å². The van der Waals surface area contributed by atoms with Crippen molar-refractivity contribution in [2.24, 2.45) is 5.92 Å². The Labute approximate surface area is 252 Å². The Morgan fingerprint density at radius 1 is 1.09 bits per heavy atom. The van der Waals surface area contributed by atoms with Gasteiger partial charge in [0, 0.05) is 43.5 Å². The first kappa shape index (κ1) is 32.5. The zero-order valence-electron chi connectivity index (χ0n) is 25.6. The fraction of sp³-hybridized carbons (Fsp3) is 0.633. The number of hydroxylamine groups is 2. The van der Waals surface area contributed by atoms with E-state index >= 15 is 0 Å². The fourth-order valence-electron chi connectivity index (χ4n) is 5.55. The third-order valence-electron chi connectivity index (χ3n) is 8.27. The molecule has 1 saturated carbocycles. The molecular formula is C30H45N6O7+. The maximum atomic E-state index is 12.1. The number of rotatable bonds is 16. The molecule has 236 valence electrons. The molecule has 1 saturated heterocycles. The highest BCUT2D eigenvalue weighted by Gasteiger charge is 2.46. The van der Waals surface area contributed by atoms with Crippen molar-refractivity contribution in [3.63, 3.8) is 0 Å². The lowest BCUT2D eigenvalue weighted by molar-refractivity contribution is -0.904. The van der Waals surface area contributed by atoms with Gasteiger partial charge in [-0.05, 0) is 24.1 Å². The Bertz CT molecular complexity index is 1220. The number of anilines is 1. The lowest BCUT2D eigenvalue weighted by Crippen LogP contribution is -2.51. The minimum atomic E-state index is -0.818. The molecule has 43 heavy (non-hydrogen) atoms. The average molecular weight is 602 g/mol. The van der Waals surface area contributed by atoms with Gasteiger partial charge in [0.25, 0.3) is 11.8 Å². The molecule has 13 nitrogen and oxygen atoms in total. The molecule has 2 unspecified atom stereocenters. The van der Waals surface area contributed by atoms with Crippen molar-refractivity contribution in [3.8, 4) is 0 Å². The van der Waals surface area contributed by atoms with Crippen LogP contribution in [0.4, 0.5) is 5.69 Å². The van der Waals surface area contributed by atoms with Crippen molar-refractivity contribution < 1.29 is 38.7 Å². The van der Waals surface area contributed by atoms with Crippen molar-refractivity contribution in [3.05, 3.63) is 41.7 Å². The number of quaternary nitrogens is 1. The Hall–Kier alpha value is -3.39. The number of unbranched alkanes of at least 4 members (excludes halogenated alkanes) is 1. The number of amides is 2. The summed E-state index contributed by atoms with van der Waals surface area (Å²) in [5, 5.41) is 29.9. The summed E-state index contributed by atoms with van der Waals surface area (Å²) in [6.45, 7) is 7.23. The Balaban J connectivity index is 1.35. The molecule has 2 aromatic rings. The number of carbonyl (C=O) groups is 3. The molecule has 2 amide bonds. The van der Waals surface area contributed by atoms with Crippen LogP contribution in [0.1, 0.15) is 56.7 Å². The van der Waals surface area contributed by atoms with Crippen LogP contribution in [-0.4, -0.2) is 112 Å². The lowest BCUT2D eigenvalue weighted by atomic mass is 9.67. The molecule has 0 bridgehead atoms. The minimum Gasteiger partial charge on any atom is -0.392 e. The first-order chi connectivity index (χ1) is 20.5. The predicted molar refractivity (Wildman–Crippen MR) is 156 cm³/mol. The van der Waals surface area contributed by atoms with E-state index in [0.717, 1.165) is 47.4 Å². The number of nitrogens with zero attached hydrogens (tertiary/aromatic N) is 6. The largest absolute Gasteiger partial charge is 0.392 e. The summed E-state index contributed by atoms with van der Waals surface area (Å²) in [4.78, 5) is 42.4. The molecule has 2 N–H and O–H groups in total. The molecule has 1 aliphatic carbocycles. The van der Waals surface area contributed by atoms with E-state index in [1.807, 2.05) is 42.1 Å². The van der Waals surface area contributed by atoms with E-state index in [1.54, 1.807) is 0 Å². The maximum absolute atomic E-state index is 12.1. The number of ether oxygens (including phenoxy) is 1. The highest BCUT2D eigenvalue weighted by atomic mass is 16.7. The van der Waals surface area contributed by atoms with E-state index in [2.05, 4.69) is 36.2 Å². The number of benzene rings is 1. The van der Waals surface area contributed by atoms with Crippen molar-refractivity contribution in [1.82, 2.24) is 20.1 Å². The topological polar surface area (TPSA) is 147 Å². The number of aromatic nitrogens is 3.